The molecule has 2 heterocycles. The Balaban J connectivity index is 1.76. The SMILES string of the molecule is CCN(CC1CCN(c2c(F)cc3c(=O)c(C(=O)O)cn(C4CC4)c3c2C)C1)C(C)=O. The van der Waals surface area contributed by atoms with E-state index >= 15 is 4.39 Å². The highest BCUT2D eigenvalue weighted by Gasteiger charge is 2.32. The Kier molecular flexibility index (Phi) is 5.49. The van der Waals surface area contributed by atoms with Gasteiger partial charge in [0.1, 0.15) is 11.4 Å². The van der Waals surface area contributed by atoms with E-state index in [1.54, 1.807) is 18.7 Å². The van der Waals surface area contributed by atoms with E-state index in [4.69, 9.17) is 0 Å². The summed E-state index contributed by atoms with van der Waals surface area (Å²) >= 11 is 0. The summed E-state index contributed by atoms with van der Waals surface area (Å²) in [6.07, 6.45) is 4.09. The lowest BCUT2D eigenvalue weighted by Gasteiger charge is -2.26. The maximum Gasteiger partial charge on any atom is 0.341 e. The molecule has 2 aromatic rings. The third kappa shape index (κ3) is 3.79. The number of carboxylic acids is 1. The largest absolute Gasteiger partial charge is 0.477 e. The number of nitrogens with zero attached hydrogens (tertiary/aromatic N) is 3. The number of rotatable bonds is 6. The summed E-state index contributed by atoms with van der Waals surface area (Å²) in [5, 5.41) is 9.56. The van der Waals surface area contributed by atoms with Gasteiger partial charge in [0.25, 0.3) is 0 Å². The van der Waals surface area contributed by atoms with E-state index in [1.807, 2.05) is 16.4 Å². The summed E-state index contributed by atoms with van der Waals surface area (Å²) < 4.78 is 17.1. The van der Waals surface area contributed by atoms with Crippen LogP contribution in [0.2, 0.25) is 0 Å². The summed E-state index contributed by atoms with van der Waals surface area (Å²) in [7, 11) is 0. The monoisotopic (exact) mass is 429 g/mol. The van der Waals surface area contributed by atoms with Gasteiger partial charge in [0, 0.05) is 50.7 Å². The number of hydrogen-bond donors (Lipinski definition) is 1. The van der Waals surface area contributed by atoms with E-state index in [2.05, 4.69) is 0 Å². The van der Waals surface area contributed by atoms with Crippen LogP contribution in [0.25, 0.3) is 10.9 Å². The van der Waals surface area contributed by atoms with Gasteiger partial charge in [-0.3, -0.25) is 9.59 Å². The smallest absolute Gasteiger partial charge is 0.341 e. The van der Waals surface area contributed by atoms with Gasteiger partial charge in [0.2, 0.25) is 11.3 Å². The van der Waals surface area contributed by atoms with E-state index in [-0.39, 0.29) is 28.8 Å². The molecule has 1 aliphatic carbocycles. The molecule has 0 radical (unpaired) electrons. The van der Waals surface area contributed by atoms with Crippen molar-refractivity contribution in [2.75, 3.05) is 31.1 Å². The van der Waals surface area contributed by atoms with Crippen molar-refractivity contribution in [2.24, 2.45) is 5.92 Å². The van der Waals surface area contributed by atoms with Crippen LogP contribution in [-0.4, -0.2) is 52.6 Å². The zero-order valence-corrected chi connectivity index (χ0v) is 18.2. The fraction of sp³-hybridized carbons (Fsp3) is 0.522. The summed E-state index contributed by atoms with van der Waals surface area (Å²) in [5.74, 6) is -1.52. The van der Waals surface area contributed by atoms with Crippen LogP contribution in [0.5, 0.6) is 0 Å². The zero-order chi connectivity index (χ0) is 22.4. The molecule has 2 aliphatic rings. The molecule has 0 spiro atoms. The number of aromatic nitrogens is 1. The lowest BCUT2D eigenvalue weighted by atomic mass is 10.0. The molecule has 2 fully saturated rings. The number of amides is 1. The van der Waals surface area contributed by atoms with E-state index < -0.39 is 17.2 Å². The van der Waals surface area contributed by atoms with Crippen LogP contribution in [0.4, 0.5) is 10.1 Å². The Morgan fingerprint density at radius 2 is 2.00 bits per heavy atom. The standard InChI is InChI=1S/C23H28FN3O4/c1-4-25(14(3)28)10-15-7-8-26(11-15)21-13(2)20-17(9-19(21)24)22(29)18(23(30)31)12-27(20)16-5-6-16/h9,12,15-16H,4-8,10-11H2,1-3H3,(H,30,31). The minimum atomic E-state index is -1.29. The molecule has 1 N–H and O–H groups in total. The van der Waals surface area contributed by atoms with Crippen molar-refractivity contribution < 1.29 is 19.1 Å². The molecule has 31 heavy (non-hydrogen) atoms. The molecule has 1 atom stereocenters. The summed E-state index contributed by atoms with van der Waals surface area (Å²) in [5.41, 5.74) is 0.785. The van der Waals surface area contributed by atoms with Gasteiger partial charge in [-0.05, 0) is 50.7 Å². The minimum absolute atomic E-state index is 0.0386. The van der Waals surface area contributed by atoms with Crippen LogP contribution < -0.4 is 10.3 Å². The number of aryl methyl sites for hydroxylation is 1. The second-order valence-electron chi connectivity index (χ2n) is 8.70. The first-order valence-corrected chi connectivity index (χ1v) is 10.8. The highest BCUT2D eigenvalue weighted by atomic mass is 19.1. The number of aromatic carboxylic acids is 1. The number of carboxylic acid groups (broad SMARTS) is 1. The van der Waals surface area contributed by atoms with Gasteiger partial charge in [-0.2, -0.15) is 0 Å². The first kappa shape index (κ1) is 21.3. The lowest BCUT2D eigenvalue weighted by Crippen LogP contribution is -2.34. The molecule has 1 aromatic carbocycles. The fourth-order valence-electron chi connectivity index (χ4n) is 4.83. The van der Waals surface area contributed by atoms with E-state index in [0.717, 1.165) is 19.3 Å². The van der Waals surface area contributed by atoms with Gasteiger partial charge in [0.05, 0.1) is 11.2 Å². The molecular weight excluding hydrogens is 401 g/mol. The second-order valence-corrected chi connectivity index (χ2v) is 8.70. The predicted octanol–water partition coefficient (Wildman–Crippen LogP) is 3.18. The van der Waals surface area contributed by atoms with Crippen molar-refractivity contribution in [3.63, 3.8) is 0 Å². The third-order valence-electron chi connectivity index (χ3n) is 6.56. The van der Waals surface area contributed by atoms with Gasteiger partial charge < -0.3 is 19.5 Å². The topological polar surface area (TPSA) is 82.8 Å². The summed E-state index contributed by atoms with van der Waals surface area (Å²) in [6.45, 7) is 7.91. The molecule has 1 amide bonds. The maximum atomic E-state index is 15.3. The van der Waals surface area contributed by atoms with Crippen LogP contribution in [-0.2, 0) is 4.79 Å². The molecular formula is C23H28FN3O4. The van der Waals surface area contributed by atoms with Gasteiger partial charge in [-0.25, -0.2) is 9.18 Å². The fourth-order valence-corrected chi connectivity index (χ4v) is 4.83. The highest BCUT2D eigenvalue weighted by Crippen LogP contribution is 2.40. The first-order chi connectivity index (χ1) is 14.7. The average Bonchev–Trinajstić information content (AvgIpc) is 3.45. The third-order valence-corrected chi connectivity index (χ3v) is 6.56. The number of hydrogen-bond acceptors (Lipinski definition) is 4. The van der Waals surface area contributed by atoms with Crippen LogP contribution in [0.15, 0.2) is 17.1 Å². The van der Waals surface area contributed by atoms with Gasteiger partial charge in [0.15, 0.2) is 0 Å². The Hall–Kier alpha value is -2.90. The highest BCUT2D eigenvalue weighted by molar-refractivity contribution is 5.95. The zero-order valence-electron chi connectivity index (χ0n) is 18.2. The van der Waals surface area contributed by atoms with Gasteiger partial charge in [-0.1, -0.05) is 0 Å². The van der Waals surface area contributed by atoms with Crippen LogP contribution in [0.3, 0.4) is 0 Å². The lowest BCUT2D eigenvalue weighted by molar-refractivity contribution is -0.129. The number of carbonyl (C=O) groups is 2. The van der Waals surface area contributed by atoms with Crippen molar-refractivity contribution in [1.82, 2.24) is 9.47 Å². The molecule has 1 aliphatic heterocycles. The Morgan fingerprint density at radius 1 is 1.29 bits per heavy atom. The van der Waals surface area contributed by atoms with E-state index in [0.29, 0.717) is 42.9 Å². The Morgan fingerprint density at radius 3 is 2.58 bits per heavy atom. The number of pyridine rings is 1. The molecule has 1 unspecified atom stereocenters. The van der Waals surface area contributed by atoms with Crippen molar-refractivity contribution in [1.29, 1.82) is 0 Å². The normalized spacial score (nSPS) is 18.6. The number of anilines is 1. The molecule has 4 rings (SSSR count). The Bertz CT molecular complexity index is 1120. The summed E-state index contributed by atoms with van der Waals surface area (Å²) in [4.78, 5) is 39.9. The van der Waals surface area contributed by atoms with E-state index in [1.165, 1.54) is 12.3 Å². The minimum Gasteiger partial charge on any atom is -0.477 e. The molecule has 1 saturated heterocycles. The van der Waals surface area contributed by atoms with Crippen molar-refractivity contribution in [2.45, 2.75) is 46.1 Å². The van der Waals surface area contributed by atoms with Gasteiger partial charge >= 0.3 is 5.97 Å². The first-order valence-electron chi connectivity index (χ1n) is 10.8. The quantitative estimate of drug-likeness (QED) is 0.763. The van der Waals surface area contributed by atoms with Crippen LogP contribution >= 0.6 is 0 Å². The number of carbonyl (C=O) groups excluding carboxylic acids is 1. The molecule has 166 valence electrons. The number of halogens is 1. The molecule has 8 heteroatoms. The van der Waals surface area contributed by atoms with Crippen molar-refractivity contribution >= 4 is 28.5 Å². The number of fused-ring (bicyclic) bond motifs is 1. The molecule has 7 nitrogen and oxygen atoms in total. The maximum absolute atomic E-state index is 15.3. The predicted molar refractivity (Wildman–Crippen MR) is 116 cm³/mol. The van der Waals surface area contributed by atoms with Crippen LogP contribution in [0.1, 0.15) is 55.1 Å². The summed E-state index contributed by atoms with van der Waals surface area (Å²) in [6, 6.07) is 1.34. The van der Waals surface area contributed by atoms with Crippen molar-refractivity contribution in [3.8, 4) is 0 Å². The molecule has 1 aromatic heterocycles. The van der Waals surface area contributed by atoms with Crippen LogP contribution in [0, 0.1) is 18.7 Å². The molecule has 1 saturated carbocycles. The molecule has 0 bridgehead atoms. The van der Waals surface area contributed by atoms with E-state index in [9.17, 15) is 19.5 Å². The Labute approximate surface area is 180 Å². The van der Waals surface area contributed by atoms with Crippen molar-refractivity contribution in [3.05, 3.63) is 39.4 Å². The average molecular weight is 429 g/mol. The second kappa shape index (κ2) is 7.98. The van der Waals surface area contributed by atoms with Gasteiger partial charge in [-0.15, -0.1) is 0 Å². The number of benzene rings is 1.